The Hall–Kier alpha value is -3.76. The Kier molecular flexibility index (Phi) is 7.81. The quantitative estimate of drug-likeness (QED) is 0.377. The van der Waals surface area contributed by atoms with E-state index in [1.807, 2.05) is 6.07 Å². The zero-order valence-corrected chi connectivity index (χ0v) is 21.2. The molecule has 0 radical (unpaired) electrons. The number of sulfonamides is 1. The smallest absolute Gasteiger partial charge is 0.298 e. The number of aromatic nitrogens is 2. The zero-order chi connectivity index (χ0) is 28.5. The maximum Gasteiger partial charge on any atom is 0.451 e. The average molecular weight is 565 g/mol. The SMILES string of the molecule is C[C@H]1[C@H](C#N)C[C@@H](C(=O)CCc2cc(-c3cnc(C(F)(F)F)nc3)ccc2F)N1S(=O)(=O)c1ccc(F)cc1. The summed E-state index contributed by atoms with van der Waals surface area (Å²) in [5.41, 5.74) is 0.609. The van der Waals surface area contributed by atoms with Crippen LogP contribution in [0, 0.1) is 28.9 Å². The molecule has 13 heteroatoms. The Morgan fingerprint density at radius 2 is 1.72 bits per heavy atom. The molecule has 2 aromatic carbocycles. The summed E-state index contributed by atoms with van der Waals surface area (Å²) in [5, 5.41) is 9.52. The molecule has 0 bridgehead atoms. The van der Waals surface area contributed by atoms with Crippen molar-refractivity contribution >= 4 is 15.8 Å². The number of Topliss-reactive ketones (excluding diaryl/α,β-unsaturated/α-hetero) is 1. The molecule has 0 spiro atoms. The third kappa shape index (κ3) is 5.81. The highest BCUT2D eigenvalue weighted by Gasteiger charge is 2.48. The van der Waals surface area contributed by atoms with Crippen molar-refractivity contribution < 1.29 is 35.2 Å². The van der Waals surface area contributed by atoms with Crippen molar-refractivity contribution in [2.45, 2.75) is 49.3 Å². The van der Waals surface area contributed by atoms with Crippen molar-refractivity contribution in [3.05, 3.63) is 77.9 Å². The lowest BCUT2D eigenvalue weighted by Gasteiger charge is -2.27. The predicted octanol–water partition coefficient (Wildman–Crippen LogP) is 4.93. The van der Waals surface area contributed by atoms with E-state index in [1.165, 1.54) is 19.1 Å². The number of aryl methyl sites for hydroxylation is 1. The van der Waals surface area contributed by atoms with Crippen molar-refractivity contribution in [2.24, 2.45) is 5.92 Å². The van der Waals surface area contributed by atoms with Gasteiger partial charge in [0.2, 0.25) is 15.8 Å². The van der Waals surface area contributed by atoms with E-state index >= 15 is 0 Å². The van der Waals surface area contributed by atoms with Gasteiger partial charge in [0.1, 0.15) is 11.6 Å². The van der Waals surface area contributed by atoms with Gasteiger partial charge in [-0.25, -0.2) is 27.2 Å². The average Bonchev–Trinajstić information content (AvgIpc) is 3.25. The van der Waals surface area contributed by atoms with Crippen molar-refractivity contribution in [1.82, 2.24) is 14.3 Å². The highest BCUT2D eigenvalue weighted by Crippen LogP contribution is 2.36. The van der Waals surface area contributed by atoms with E-state index in [-0.39, 0.29) is 35.3 Å². The van der Waals surface area contributed by atoms with Crippen LogP contribution >= 0.6 is 0 Å². The molecule has 2 heterocycles. The highest BCUT2D eigenvalue weighted by molar-refractivity contribution is 7.89. The van der Waals surface area contributed by atoms with Gasteiger partial charge in [-0.2, -0.15) is 22.7 Å². The van der Waals surface area contributed by atoms with Crippen LogP contribution in [-0.2, 0) is 27.4 Å². The summed E-state index contributed by atoms with van der Waals surface area (Å²) in [6, 6.07) is 7.89. The summed E-state index contributed by atoms with van der Waals surface area (Å²) in [6.07, 6.45) is -3.26. The number of alkyl halides is 3. The van der Waals surface area contributed by atoms with Crippen LogP contribution < -0.4 is 0 Å². The van der Waals surface area contributed by atoms with E-state index in [2.05, 4.69) is 9.97 Å². The minimum Gasteiger partial charge on any atom is -0.298 e. The van der Waals surface area contributed by atoms with E-state index in [9.17, 15) is 40.4 Å². The fourth-order valence-electron chi connectivity index (χ4n) is 4.55. The normalized spacial score (nSPS) is 20.1. The Morgan fingerprint density at radius 3 is 2.31 bits per heavy atom. The Morgan fingerprint density at radius 1 is 1.08 bits per heavy atom. The van der Waals surface area contributed by atoms with Gasteiger partial charge in [0.05, 0.1) is 22.9 Å². The Balaban J connectivity index is 1.55. The number of benzene rings is 2. The van der Waals surface area contributed by atoms with E-state index in [1.54, 1.807) is 0 Å². The van der Waals surface area contributed by atoms with Crippen LogP contribution in [0.1, 0.15) is 31.2 Å². The van der Waals surface area contributed by atoms with Gasteiger partial charge in [0, 0.05) is 30.4 Å². The first-order valence-electron chi connectivity index (χ1n) is 11.7. The molecule has 0 saturated carbocycles. The Labute approximate surface area is 221 Å². The number of carbonyl (C=O) groups is 1. The van der Waals surface area contributed by atoms with Crippen molar-refractivity contribution in [3.8, 4) is 17.2 Å². The van der Waals surface area contributed by atoms with E-state index < -0.39 is 57.4 Å². The molecule has 4 rings (SSSR count). The number of hydrogen-bond donors (Lipinski definition) is 0. The molecule has 0 unspecified atom stereocenters. The van der Waals surface area contributed by atoms with Gasteiger partial charge in [0.15, 0.2) is 5.78 Å². The number of rotatable bonds is 7. The van der Waals surface area contributed by atoms with Crippen LogP contribution in [0.2, 0.25) is 0 Å². The third-order valence-corrected chi connectivity index (χ3v) is 8.63. The fourth-order valence-corrected chi connectivity index (χ4v) is 6.39. The van der Waals surface area contributed by atoms with E-state index in [0.29, 0.717) is 5.56 Å². The molecule has 0 aliphatic carbocycles. The third-order valence-electron chi connectivity index (χ3n) is 6.62. The van der Waals surface area contributed by atoms with Crippen molar-refractivity contribution in [1.29, 1.82) is 5.26 Å². The van der Waals surface area contributed by atoms with Crippen LogP contribution in [0.4, 0.5) is 22.0 Å². The van der Waals surface area contributed by atoms with Crippen LogP contribution in [0.5, 0.6) is 0 Å². The molecule has 1 fully saturated rings. The first-order chi connectivity index (χ1) is 18.3. The predicted molar refractivity (Wildman–Crippen MR) is 128 cm³/mol. The molecule has 0 amide bonds. The first-order valence-corrected chi connectivity index (χ1v) is 13.2. The van der Waals surface area contributed by atoms with Gasteiger partial charge >= 0.3 is 6.18 Å². The number of nitriles is 1. The molecule has 3 aromatic rings. The molecule has 7 nitrogen and oxygen atoms in total. The molecule has 1 aliphatic heterocycles. The second-order valence-electron chi connectivity index (χ2n) is 9.08. The standard InChI is InChI=1S/C26H21F5N4O3S/c1-15-18(12-32)11-23(35(15)39(37,38)21-6-4-20(27)5-7-21)24(36)9-3-17-10-16(2-8-22(17)28)19-13-33-25(34-14-19)26(29,30)31/h2,4-8,10,13-15,18,23H,3,9,11H2,1H3/t15-,18-,23-/m0/s1. The molecule has 0 N–H and O–H groups in total. The van der Waals surface area contributed by atoms with Gasteiger partial charge in [0.25, 0.3) is 0 Å². The van der Waals surface area contributed by atoms with E-state index in [0.717, 1.165) is 47.0 Å². The van der Waals surface area contributed by atoms with E-state index in [4.69, 9.17) is 0 Å². The minimum atomic E-state index is -4.72. The van der Waals surface area contributed by atoms with Crippen LogP contribution in [-0.4, -0.2) is 40.6 Å². The van der Waals surface area contributed by atoms with Gasteiger partial charge < -0.3 is 0 Å². The van der Waals surface area contributed by atoms with Gasteiger partial charge in [-0.05, 0) is 67.3 Å². The molecular formula is C26H21F5N4O3S. The molecule has 204 valence electrons. The summed E-state index contributed by atoms with van der Waals surface area (Å²) >= 11 is 0. The molecule has 1 saturated heterocycles. The highest BCUT2D eigenvalue weighted by atomic mass is 32.2. The van der Waals surface area contributed by atoms with Gasteiger partial charge in [-0.1, -0.05) is 6.07 Å². The van der Waals surface area contributed by atoms with Crippen molar-refractivity contribution in [3.63, 3.8) is 0 Å². The van der Waals surface area contributed by atoms with Crippen molar-refractivity contribution in [2.75, 3.05) is 0 Å². The number of hydrogen-bond acceptors (Lipinski definition) is 6. The minimum absolute atomic E-state index is 0.0532. The summed E-state index contributed by atoms with van der Waals surface area (Å²) < 4.78 is 93.8. The van der Waals surface area contributed by atoms with Gasteiger partial charge in [-0.3, -0.25) is 4.79 Å². The molecule has 3 atom stereocenters. The largest absolute Gasteiger partial charge is 0.451 e. The fraction of sp³-hybridized carbons (Fsp3) is 0.308. The number of carbonyl (C=O) groups excluding carboxylic acids is 1. The Bertz CT molecular complexity index is 1520. The number of ketones is 1. The molecular weight excluding hydrogens is 543 g/mol. The maximum absolute atomic E-state index is 14.6. The molecule has 39 heavy (non-hydrogen) atoms. The van der Waals surface area contributed by atoms with Gasteiger partial charge in [-0.15, -0.1) is 0 Å². The zero-order valence-electron chi connectivity index (χ0n) is 20.4. The lowest BCUT2D eigenvalue weighted by atomic mass is 9.96. The molecule has 1 aromatic heterocycles. The first kappa shape index (κ1) is 28.3. The number of halogens is 5. The second-order valence-corrected chi connectivity index (χ2v) is 10.9. The topological polar surface area (TPSA) is 104 Å². The van der Waals surface area contributed by atoms with Crippen LogP contribution in [0.15, 0.2) is 59.8 Å². The lowest BCUT2D eigenvalue weighted by Crippen LogP contribution is -2.44. The summed E-state index contributed by atoms with van der Waals surface area (Å²) in [4.78, 5) is 19.6. The summed E-state index contributed by atoms with van der Waals surface area (Å²) in [7, 11) is -4.26. The monoisotopic (exact) mass is 564 g/mol. The second kappa shape index (κ2) is 10.8. The summed E-state index contributed by atoms with van der Waals surface area (Å²) in [5.74, 6) is -3.93. The van der Waals surface area contributed by atoms with Crippen LogP contribution in [0.3, 0.4) is 0 Å². The summed E-state index contributed by atoms with van der Waals surface area (Å²) in [6.45, 7) is 1.51. The maximum atomic E-state index is 14.6. The molecule has 1 aliphatic rings. The number of nitrogens with zero attached hydrogens (tertiary/aromatic N) is 4. The lowest BCUT2D eigenvalue weighted by molar-refractivity contribution is -0.145. The van der Waals surface area contributed by atoms with Crippen LogP contribution in [0.25, 0.3) is 11.1 Å².